The van der Waals surface area contributed by atoms with Crippen LogP contribution in [0.4, 0.5) is 11.6 Å². The fourth-order valence-electron chi connectivity index (χ4n) is 1.58. The third-order valence-electron chi connectivity index (χ3n) is 2.48. The summed E-state index contributed by atoms with van der Waals surface area (Å²) in [5.41, 5.74) is 5.74. The summed E-state index contributed by atoms with van der Waals surface area (Å²) >= 11 is 0. The van der Waals surface area contributed by atoms with Crippen LogP contribution in [0.2, 0.25) is 0 Å². The molecule has 17 heavy (non-hydrogen) atoms. The maximum absolute atomic E-state index is 5.74. The quantitative estimate of drug-likeness (QED) is 0.777. The summed E-state index contributed by atoms with van der Waals surface area (Å²) in [6.07, 6.45) is 2.51. The van der Waals surface area contributed by atoms with Crippen molar-refractivity contribution in [1.29, 1.82) is 0 Å². The highest BCUT2D eigenvalue weighted by atomic mass is 16.5. The first kappa shape index (κ1) is 13.5. The highest BCUT2D eigenvalue weighted by Gasteiger charge is 2.13. The predicted molar refractivity (Wildman–Crippen MR) is 69.4 cm³/mol. The van der Waals surface area contributed by atoms with Crippen LogP contribution in [0.25, 0.3) is 0 Å². The molecule has 0 atom stereocenters. The number of rotatable bonds is 6. The average molecular weight is 239 g/mol. The van der Waals surface area contributed by atoms with E-state index in [9.17, 15) is 0 Å². The Morgan fingerprint density at radius 3 is 2.53 bits per heavy atom. The van der Waals surface area contributed by atoms with E-state index in [1.165, 1.54) is 6.33 Å². The first-order chi connectivity index (χ1) is 8.06. The molecule has 2 N–H and O–H groups in total. The Morgan fingerprint density at radius 2 is 1.94 bits per heavy atom. The molecule has 96 valence electrons. The first-order valence-electron chi connectivity index (χ1n) is 5.56. The van der Waals surface area contributed by atoms with E-state index in [1.807, 2.05) is 11.9 Å². The molecule has 0 aliphatic rings. The number of aromatic nitrogens is 2. The molecular weight excluding hydrogens is 218 g/mol. The summed E-state index contributed by atoms with van der Waals surface area (Å²) in [4.78, 5) is 12.3. The minimum Gasteiger partial charge on any atom is -0.490 e. The van der Waals surface area contributed by atoms with Crippen molar-refractivity contribution in [2.24, 2.45) is 0 Å². The van der Waals surface area contributed by atoms with Crippen LogP contribution >= 0.6 is 0 Å². The van der Waals surface area contributed by atoms with Crippen molar-refractivity contribution in [2.75, 3.05) is 52.0 Å². The van der Waals surface area contributed by atoms with Gasteiger partial charge in [-0.05, 0) is 27.1 Å². The number of methoxy groups -OCH3 is 1. The van der Waals surface area contributed by atoms with E-state index in [1.54, 1.807) is 7.11 Å². The minimum absolute atomic E-state index is 0.372. The number of anilines is 2. The molecule has 0 aliphatic carbocycles. The van der Waals surface area contributed by atoms with E-state index in [4.69, 9.17) is 10.5 Å². The second-order valence-corrected chi connectivity index (χ2v) is 4.19. The molecule has 0 radical (unpaired) electrons. The van der Waals surface area contributed by atoms with Crippen molar-refractivity contribution in [3.05, 3.63) is 6.33 Å². The Bertz CT molecular complexity index is 356. The standard InChI is InChI=1S/C11H21N5O/c1-15(2)6-5-7-16(3)11-9(17-4)10(12)13-8-14-11/h8H,5-7H2,1-4H3,(H2,12,13,14). The Hall–Kier alpha value is -1.56. The summed E-state index contributed by atoms with van der Waals surface area (Å²) in [7, 11) is 7.67. The van der Waals surface area contributed by atoms with Crippen molar-refractivity contribution < 1.29 is 4.74 Å². The van der Waals surface area contributed by atoms with Gasteiger partial charge in [-0.3, -0.25) is 0 Å². The van der Waals surface area contributed by atoms with Gasteiger partial charge in [0.25, 0.3) is 0 Å². The molecule has 0 spiro atoms. The number of nitrogens with zero attached hydrogens (tertiary/aromatic N) is 4. The zero-order valence-corrected chi connectivity index (χ0v) is 11.0. The molecule has 1 heterocycles. The predicted octanol–water partition coefficient (Wildman–Crippen LogP) is 0.455. The maximum atomic E-state index is 5.74. The molecule has 1 rings (SSSR count). The summed E-state index contributed by atoms with van der Waals surface area (Å²) in [5.74, 6) is 1.65. The van der Waals surface area contributed by atoms with Crippen molar-refractivity contribution in [3.63, 3.8) is 0 Å². The first-order valence-corrected chi connectivity index (χ1v) is 5.56. The van der Waals surface area contributed by atoms with E-state index < -0.39 is 0 Å². The van der Waals surface area contributed by atoms with Crippen LogP contribution in [-0.4, -0.2) is 56.2 Å². The lowest BCUT2D eigenvalue weighted by Gasteiger charge is -2.21. The molecular formula is C11H21N5O. The van der Waals surface area contributed by atoms with Crippen molar-refractivity contribution in [2.45, 2.75) is 6.42 Å². The molecule has 0 aliphatic heterocycles. The van der Waals surface area contributed by atoms with Gasteiger partial charge >= 0.3 is 0 Å². The van der Waals surface area contributed by atoms with Crippen LogP contribution in [0.5, 0.6) is 5.75 Å². The molecule has 0 bridgehead atoms. The van der Waals surface area contributed by atoms with E-state index in [2.05, 4.69) is 29.0 Å². The van der Waals surface area contributed by atoms with Crippen molar-refractivity contribution in [3.8, 4) is 5.75 Å². The second-order valence-electron chi connectivity index (χ2n) is 4.19. The van der Waals surface area contributed by atoms with Crippen LogP contribution < -0.4 is 15.4 Å². The van der Waals surface area contributed by atoms with Crippen LogP contribution in [0.3, 0.4) is 0 Å². The van der Waals surface area contributed by atoms with Gasteiger partial charge in [-0.2, -0.15) is 0 Å². The fourth-order valence-corrected chi connectivity index (χ4v) is 1.58. The van der Waals surface area contributed by atoms with Gasteiger partial charge in [0, 0.05) is 13.6 Å². The van der Waals surface area contributed by atoms with Crippen LogP contribution in [0.15, 0.2) is 6.33 Å². The third-order valence-corrected chi connectivity index (χ3v) is 2.48. The lowest BCUT2D eigenvalue weighted by molar-refractivity contribution is 0.398. The van der Waals surface area contributed by atoms with E-state index in [0.29, 0.717) is 11.6 Å². The van der Waals surface area contributed by atoms with E-state index in [-0.39, 0.29) is 0 Å². The largest absolute Gasteiger partial charge is 0.490 e. The van der Waals surface area contributed by atoms with Crippen molar-refractivity contribution in [1.82, 2.24) is 14.9 Å². The van der Waals surface area contributed by atoms with Gasteiger partial charge in [0.15, 0.2) is 11.6 Å². The van der Waals surface area contributed by atoms with Gasteiger partial charge in [0.1, 0.15) is 6.33 Å². The topological polar surface area (TPSA) is 67.5 Å². The Kier molecular flexibility index (Phi) is 4.96. The number of nitrogen functional groups attached to an aromatic ring is 1. The monoisotopic (exact) mass is 239 g/mol. The average Bonchev–Trinajstić information content (AvgIpc) is 2.28. The third kappa shape index (κ3) is 3.74. The number of ether oxygens (including phenoxy) is 1. The lowest BCUT2D eigenvalue weighted by atomic mass is 10.3. The molecule has 1 aromatic rings. The molecule has 0 unspecified atom stereocenters. The Morgan fingerprint density at radius 1 is 1.24 bits per heavy atom. The molecule has 6 heteroatoms. The number of hydrogen-bond acceptors (Lipinski definition) is 6. The Labute approximate surface area is 102 Å². The summed E-state index contributed by atoms with van der Waals surface area (Å²) in [6.45, 7) is 1.93. The van der Waals surface area contributed by atoms with Gasteiger partial charge < -0.3 is 20.3 Å². The van der Waals surface area contributed by atoms with Gasteiger partial charge in [0.2, 0.25) is 5.75 Å². The molecule has 0 saturated heterocycles. The van der Waals surface area contributed by atoms with Gasteiger partial charge in [0.05, 0.1) is 7.11 Å². The van der Waals surface area contributed by atoms with Gasteiger partial charge in [-0.1, -0.05) is 0 Å². The lowest BCUT2D eigenvalue weighted by Crippen LogP contribution is -2.24. The highest BCUT2D eigenvalue weighted by Crippen LogP contribution is 2.28. The van der Waals surface area contributed by atoms with Crippen LogP contribution in [0, 0.1) is 0 Å². The summed E-state index contributed by atoms with van der Waals surface area (Å²) in [6, 6.07) is 0. The molecule has 0 fully saturated rings. The van der Waals surface area contributed by atoms with E-state index in [0.717, 1.165) is 25.3 Å². The van der Waals surface area contributed by atoms with Gasteiger partial charge in [-0.25, -0.2) is 9.97 Å². The van der Waals surface area contributed by atoms with E-state index >= 15 is 0 Å². The smallest absolute Gasteiger partial charge is 0.204 e. The molecule has 6 nitrogen and oxygen atoms in total. The Balaban J connectivity index is 2.68. The molecule has 0 saturated carbocycles. The normalized spacial score (nSPS) is 10.6. The zero-order valence-electron chi connectivity index (χ0n) is 11.0. The fraction of sp³-hybridized carbons (Fsp3) is 0.636. The number of nitrogens with two attached hydrogens (primary N) is 1. The zero-order chi connectivity index (χ0) is 12.8. The molecule has 0 amide bonds. The summed E-state index contributed by atoms with van der Waals surface area (Å²) < 4.78 is 5.22. The highest BCUT2D eigenvalue weighted by molar-refractivity contribution is 5.62. The molecule has 1 aromatic heterocycles. The van der Waals surface area contributed by atoms with Crippen molar-refractivity contribution >= 4 is 11.6 Å². The van der Waals surface area contributed by atoms with Crippen LogP contribution in [-0.2, 0) is 0 Å². The maximum Gasteiger partial charge on any atom is 0.204 e. The SMILES string of the molecule is COc1c(N)ncnc1N(C)CCCN(C)C. The van der Waals surface area contributed by atoms with Gasteiger partial charge in [-0.15, -0.1) is 0 Å². The number of hydrogen-bond donors (Lipinski definition) is 1. The summed E-state index contributed by atoms with van der Waals surface area (Å²) in [5, 5.41) is 0. The van der Waals surface area contributed by atoms with Crippen LogP contribution in [0.1, 0.15) is 6.42 Å². The minimum atomic E-state index is 0.372. The second kappa shape index (κ2) is 6.24. The molecule has 0 aromatic carbocycles.